The molecule has 5 heterocycles. The third-order valence-electron chi connectivity index (χ3n) is 28.3. The summed E-state index contributed by atoms with van der Waals surface area (Å²) >= 11 is 0. The number of fused-ring (bicyclic) bond motifs is 8. The zero-order valence-corrected chi connectivity index (χ0v) is 85.7. The van der Waals surface area contributed by atoms with E-state index >= 15 is 0 Å². The van der Waals surface area contributed by atoms with Gasteiger partial charge in [-0.05, 0) is 299 Å². The molecule has 0 atom stereocenters. The standard InChI is InChI=1S/C116H182N8O4.Mg/c1-13-25-73-121(74-26-14-2,75-27-15-3)85-45-37-41-49-89-125-101-61-53-57-97(93-101)113-105-65-67-107(117-105)114(98-58-54-62-102(94-98)126-90-50-42-38-46-86-122(76-28-16-4,77-29-17-5)78-30-18-6)109-69-71-111(119-109)116(100-60-56-64-104(96-100)128-92-52-44-40-48-88-124(82-34-22-10,83-35-23-11)84-36-24-12)112-72-70-110(120-112)115(108-68-66-106(113)118-108)99-59-55-63-103(95-99)127-91-51-43-39-47-87-123(79-31-19-7,80-32-20-8)81-33-21-9;/h53-72,93-96,117,120H,13-52,73-92H2,1-12H3;/q+4;+2. The molecule has 0 fully saturated rings. The van der Waals surface area contributed by atoms with E-state index in [0.717, 1.165) is 164 Å². The van der Waals surface area contributed by atoms with Gasteiger partial charge in [0.05, 0.1) is 154 Å². The molecule has 0 spiro atoms. The van der Waals surface area contributed by atoms with Crippen LogP contribution in [0.15, 0.2) is 121 Å². The number of rotatable bonds is 72. The van der Waals surface area contributed by atoms with Gasteiger partial charge in [0, 0.05) is 44.3 Å². The smallest absolute Gasteiger partial charge is 0.494 e. The number of unbranched alkanes of at least 4 members (excludes halogenated alkanes) is 24. The number of nitrogens with zero attached hydrogens (tertiary/aromatic N) is 6. The number of hydrogen-bond donors (Lipinski definition) is 2. The fourth-order valence-corrected chi connectivity index (χ4v) is 20.4. The van der Waals surface area contributed by atoms with Crippen molar-refractivity contribution in [2.75, 3.05) is 131 Å². The van der Waals surface area contributed by atoms with E-state index in [4.69, 9.17) is 28.9 Å². The van der Waals surface area contributed by atoms with Gasteiger partial charge < -0.3 is 46.8 Å². The second kappa shape index (κ2) is 61.2. The first kappa shape index (κ1) is 108. The minimum Gasteiger partial charge on any atom is -0.494 e. The van der Waals surface area contributed by atoms with Gasteiger partial charge in [0.15, 0.2) is 0 Å². The normalized spacial score (nSPS) is 12.4. The van der Waals surface area contributed by atoms with Crippen LogP contribution in [0.2, 0.25) is 0 Å². The maximum Gasteiger partial charge on any atom is 2.00 e. The Bertz CT molecular complexity index is 3840. The van der Waals surface area contributed by atoms with Crippen molar-refractivity contribution in [2.45, 2.75) is 340 Å². The minimum atomic E-state index is 0. The Labute approximate surface area is 803 Å². The first-order valence-corrected chi connectivity index (χ1v) is 53.3. The average Bonchev–Trinajstić information content (AvgIpc) is 1.61. The third kappa shape index (κ3) is 35.2. The van der Waals surface area contributed by atoms with Gasteiger partial charge in [-0.2, -0.15) is 0 Å². The largest absolute Gasteiger partial charge is 2.00 e. The molecule has 0 unspecified atom stereocenters. The zero-order chi connectivity index (χ0) is 90.6. The van der Waals surface area contributed by atoms with Gasteiger partial charge >= 0.3 is 23.1 Å². The van der Waals surface area contributed by atoms with E-state index in [1.165, 1.54) is 328 Å². The predicted octanol–water partition coefficient (Wildman–Crippen LogP) is 31.6. The summed E-state index contributed by atoms with van der Waals surface area (Å²) in [6, 6.07) is 44.1. The second-order valence-electron chi connectivity index (χ2n) is 38.9. The molecule has 0 amide bonds. The molecule has 13 heteroatoms. The van der Waals surface area contributed by atoms with Gasteiger partial charge in [-0.15, -0.1) is 0 Å². The number of aromatic nitrogens is 4. The number of ether oxygens (including phenoxy) is 4. The number of H-pyrrole nitrogens is 2. The fourth-order valence-electron chi connectivity index (χ4n) is 20.4. The van der Waals surface area contributed by atoms with Crippen molar-refractivity contribution in [3.8, 4) is 67.5 Å². The summed E-state index contributed by atoms with van der Waals surface area (Å²) in [7, 11) is 0. The van der Waals surface area contributed by atoms with Crippen LogP contribution in [-0.4, -0.2) is 192 Å². The van der Waals surface area contributed by atoms with Crippen molar-refractivity contribution in [1.29, 1.82) is 0 Å². The van der Waals surface area contributed by atoms with Crippen molar-refractivity contribution in [2.24, 2.45) is 0 Å². The summed E-state index contributed by atoms with van der Waals surface area (Å²) in [4.78, 5) is 19.9. The summed E-state index contributed by atoms with van der Waals surface area (Å²) in [5.41, 5.74) is 15.4. The quantitative estimate of drug-likeness (QED) is 0.0224. The molecule has 0 aliphatic carbocycles. The van der Waals surface area contributed by atoms with Gasteiger partial charge in [0.25, 0.3) is 0 Å². The van der Waals surface area contributed by atoms with Crippen molar-refractivity contribution < 1.29 is 36.9 Å². The van der Waals surface area contributed by atoms with Crippen LogP contribution in [0.5, 0.6) is 23.0 Å². The Hall–Kier alpha value is -6.71. The Balaban J connectivity index is 0.0000206. The van der Waals surface area contributed by atoms with Crippen molar-refractivity contribution in [1.82, 2.24) is 19.9 Å². The molecule has 706 valence electrons. The third-order valence-corrected chi connectivity index (χ3v) is 28.3. The molecular weight excluding hydrogens is 1590 g/mol. The van der Waals surface area contributed by atoms with Crippen molar-refractivity contribution >= 4 is 69.4 Å². The molecule has 8 bridgehead atoms. The molecule has 0 saturated carbocycles. The van der Waals surface area contributed by atoms with Crippen LogP contribution in [-0.2, 0) is 0 Å². The Kier molecular flexibility index (Phi) is 51.1. The maximum absolute atomic E-state index is 6.82. The van der Waals surface area contributed by atoms with E-state index < -0.39 is 0 Å². The molecule has 0 radical (unpaired) electrons. The first-order valence-electron chi connectivity index (χ1n) is 53.3. The maximum atomic E-state index is 6.82. The predicted molar refractivity (Wildman–Crippen MR) is 560 cm³/mol. The molecule has 7 aromatic rings. The van der Waals surface area contributed by atoms with E-state index in [1.807, 2.05) is 0 Å². The number of quaternary nitrogens is 4. The zero-order valence-electron chi connectivity index (χ0n) is 84.3. The second-order valence-corrected chi connectivity index (χ2v) is 38.9. The van der Waals surface area contributed by atoms with Crippen LogP contribution in [0.1, 0.15) is 363 Å². The van der Waals surface area contributed by atoms with Crippen LogP contribution < -0.4 is 18.9 Å². The molecule has 4 aromatic carbocycles. The van der Waals surface area contributed by atoms with Crippen LogP contribution in [0.4, 0.5) is 0 Å². The molecule has 3 aromatic heterocycles. The summed E-state index contributed by atoms with van der Waals surface area (Å²) in [5, 5.41) is 0. The van der Waals surface area contributed by atoms with Gasteiger partial charge in [-0.25, -0.2) is 9.97 Å². The Morgan fingerprint density at radius 3 is 0.558 bits per heavy atom. The molecule has 9 rings (SSSR count). The van der Waals surface area contributed by atoms with Crippen molar-refractivity contribution in [3.05, 3.63) is 144 Å². The van der Waals surface area contributed by atoms with E-state index in [2.05, 4.69) is 239 Å². The summed E-state index contributed by atoms with van der Waals surface area (Å²) in [5.74, 6) is 3.47. The van der Waals surface area contributed by atoms with Gasteiger partial charge in [-0.1, -0.05) is 209 Å². The van der Waals surface area contributed by atoms with Crippen molar-refractivity contribution in [3.63, 3.8) is 0 Å². The number of hydrogen-bond acceptors (Lipinski definition) is 6. The average molecular weight is 1780 g/mol. The van der Waals surface area contributed by atoms with E-state index in [9.17, 15) is 0 Å². The summed E-state index contributed by atoms with van der Waals surface area (Å²) < 4.78 is 32.5. The molecule has 2 aliphatic heterocycles. The van der Waals surface area contributed by atoms with Crippen LogP contribution in [0.3, 0.4) is 0 Å². The van der Waals surface area contributed by atoms with E-state index in [0.29, 0.717) is 26.4 Å². The Morgan fingerprint density at radius 1 is 0.209 bits per heavy atom. The minimum absolute atomic E-state index is 0. The van der Waals surface area contributed by atoms with Gasteiger partial charge in [0.1, 0.15) is 23.0 Å². The number of benzene rings is 4. The SMILES string of the molecule is CCCC[N+](CCCC)(CCCC)CCCCCCOc1cccc(-c2c3nc(c(-c4cccc(OCCCCCC[N+](CCCC)(CCCC)CCCC)c4)c4ccc([nH]4)c(-c4cccc(OCCCCCC[N+](CCCC)(CCCC)CCCC)c4)c4nc(c(-c5cccc(OCCCCCC[N+](CCCC)(CCCC)CCCC)c5)c5ccc2[nH]5)C=C4)C=C3)c1.[Mg+2]. The van der Waals surface area contributed by atoms with Gasteiger partial charge in [-0.3, -0.25) is 0 Å². The van der Waals surface area contributed by atoms with Gasteiger partial charge in [0.2, 0.25) is 0 Å². The van der Waals surface area contributed by atoms with Crippen LogP contribution >= 0.6 is 0 Å². The van der Waals surface area contributed by atoms with Crippen LogP contribution in [0, 0.1) is 0 Å². The molecule has 2 N–H and O–H groups in total. The monoisotopic (exact) mass is 1780 g/mol. The molecule has 12 nitrogen and oxygen atoms in total. The molecule has 0 saturated heterocycles. The molecule has 2 aliphatic rings. The Morgan fingerprint density at radius 2 is 0.380 bits per heavy atom. The number of nitrogens with one attached hydrogen (secondary N) is 2. The molecular formula is C116H182MgN8O4+6. The number of aromatic amines is 2. The van der Waals surface area contributed by atoms with E-state index in [1.54, 1.807) is 0 Å². The molecule has 129 heavy (non-hydrogen) atoms. The summed E-state index contributed by atoms with van der Waals surface area (Å²) in [6.45, 7) is 52.1. The van der Waals surface area contributed by atoms with E-state index in [-0.39, 0.29) is 23.1 Å². The topological polar surface area (TPSA) is 94.3 Å². The fraction of sp³-hybridized carbons (Fsp3) is 0.621. The van der Waals surface area contributed by atoms with Crippen LogP contribution in [0.25, 0.3) is 90.9 Å². The first-order chi connectivity index (χ1) is 62.8. The summed E-state index contributed by atoms with van der Waals surface area (Å²) in [6.07, 6.45) is 58.9.